The van der Waals surface area contributed by atoms with Crippen molar-refractivity contribution in [1.29, 1.82) is 0 Å². The second-order valence-electron chi connectivity index (χ2n) is 5.82. The number of hydrogen-bond acceptors (Lipinski definition) is 3. The van der Waals surface area contributed by atoms with Crippen LogP contribution in [0.5, 0.6) is 0 Å². The molecule has 1 aromatic carbocycles. The number of fused-ring (bicyclic) bond motifs is 1. The van der Waals surface area contributed by atoms with E-state index in [2.05, 4.69) is 55.3 Å². The molecule has 0 fully saturated rings. The number of methoxy groups -OCH3 is 1. The Kier molecular flexibility index (Phi) is 5.71. The average Bonchev–Trinajstić information content (AvgIpc) is 2.50. The molecule has 0 aliphatic heterocycles. The zero-order valence-electron chi connectivity index (χ0n) is 13.5. The number of rotatable bonds is 7. The van der Waals surface area contributed by atoms with Crippen molar-refractivity contribution < 1.29 is 4.74 Å². The van der Waals surface area contributed by atoms with Crippen molar-refractivity contribution in [3.05, 3.63) is 42.2 Å². The van der Waals surface area contributed by atoms with Gasteiger partial charge in [-0.2, -0.15) is 0 Å². The molecule has 1 N–H and O–H groups in total. The number of nitrogens with zero attached hydrogens (tertiary/aromatic N) is 1. The lowest BCUT2D eigenvalue weighted by atomic mass is 9.90. The predicted molar refractivity (Wildman–Crippen MR) is 88.4 cm³/mol. The van der Waals surface area contributed by atoms with Crippen LogP contribution in [0.3, 0.4) is 0 Å². The van der Waals surface area contributed by atoms with Crippen LogP contribution in [0.4, 0.5) is 0 Å². The summed E-state index contributed by atoms with van der Waals surface area (Å²) < 4.78 is 5.79. The van der Waals surface area contributed by atoms with Crippen LogP contribution < -0.4 is 5.32 Å². The van der Waals surface area contributed by atoms with Crippen molar-refractivity contribution in [3.63, 3.8) is 0 Å². The van der Waals surface area contributed by atoms with Crippen LogP contribution >= 0.6 is 0 Å². The van der Waals surface area contributed by atoms with Gasteiger partial charge >= 0.3 is 0 Å². The maximum Gasteiger partial charge on any atom is 0.0788 e. The van der Waals surface area contributed by atoms with Gasteiger partial charge in [0.05, 0.1) is 12.1 Å². The first-order chi connectivity index (χ1) is 10.2. The van der Waals surface area contributed by atoms with E-state index in [9.17, 15) is 0 Å². The van der Waals surface area contributed by atoms with Crippen molar-refractivity contribution in [2.45, 2.75) is 39.3 Å². The summed E-state index contributed by atoms with van der Waals surface area (Å²) in [4.78, 5) is 4.30. The van der Waals surface area contributed by atoms with Gasteiger partial charge in [0, 0.05) is 24.9 Å². The van der Waals surface area contributed by atoms with E-state index in [0.717, 1.165) is 13.0 Å². The molecule has 3 heteroatoms. The Morgan fingerprint density at radius 1 is 1.24 bits per heavy atom. The number of benzene rings is 1. The lowest BCUT2D eigenvalue weighted by Crippen LogP contribution is -2.37. The lowest BCUT2D eigenvalue weighted by molar-refractivity contribution is 0.0330. The topological polar surface area (TPSA) is 34.2 Å². The van der Waals surface area contributed by atoms with Crippen LogP contribution in [-0.4, -0.2) is 24.7 Å². The fourth-order valence-corrected chi connectivity index (χ4v) is 2.90. The third kappa shape index (κ3) is 3.60. The molecule has 1 aromatic heterocycles. The number of aromatic nitrogens is 1. The summed E-state index contributed by atoms with van der Waals surface area (Å²) in [5, 5.41) is 6.09. The van der Waals surface area contributed by atoms with Crippen LogP contribution in [0.1, 0.15) is 38.8 Å². The highest BCUT2D eigenvalue weighted by Crippen LogP contribution is 2.29. The Balaban J connectivity index is 2.47. The fraction of sp³-hybridized carbons (Fsp3) is 0.500. The van der Waals surface area contributed by atoms with E-state index in [1.165, 1.54) is 16.3 Å². The van der Waals surface area contributed by atoms with Crippen LogP contribution in [0, 0.1) is 5.92 Å². The molecule has 0 radical (unpaired) electrons. The second-order valence-corrected chi connectivity index (χ2v) is 5.82. The summed E-state index contributed by atoms with van der Waals surface area (Å²) in [6, 6.07) is 8.68. The SMILES string of the molecule is CCCNC(c1cccc2ccncc12)C(OC)C(C)C. The summed E-state index contributed by atoms with van der Waals surface area (Å²) >= 11 is 0. The van der Waals surface area contributed by atoms with Gasteiger partial charge in [0.1, 0.15) is 0 Å². The Hall–Kier alpha value is -1.45. The summed E-state index contributed by atoms with van der Waals surface area (Å²) in [5.41, 5.74) is 1.27. The van der Waals surface area contributed by atoms with Crippen molar-refractivity contribution in [1.82, 2.24) is 10.3 Å². The molecule has 3 nitrogen and oxygen atoms in total. The van der Waals surface area contributed by atoms with Gasteiger partial charge in [0.2, 0.25) is 0 Å². The third-order valence-corrected chi connectivity index (χ3v) is 3.92. The fourth-order valence-electron chi connectivity index (χ4n) is 2.90. The Bertz CT molecular complexity index is 563. The largest absolute Gasteiger partial charge is 0.379 e. The van der Waals surface area contributed by atoms with Crippen molar-refractivity contribution in [3.8, 4) is 0 Å². The second kappa shape index (κ2) is 7.53. The van der Waals surface area contributed by atoms with Crippen molar-refractivity contribution >= 4 is 10.8 Å². The zero-order chi connectivity index (χ0) is 15.2. The zero-order valence-corrected chi connectivity index (χ0v) is 13.5. The standard InChI is InChI=1S/C18H26N2O/c1-5-10-20-17(18(21-4)13(2)3)15-8-6-7-14-9-11-19-12-16(14)15/h6-9,11-13,17-18,20H,5,10H2,1-4H3. The summed E-state index contributed by atoms with van der Waals surface area (Å²) in [5.74, 6) is 0.441. The van der Waals surface area contributed by atoms with Crippen LogP contribution in [0.25, 0.3) is 10.8 Å². The summed E-state index contributed by atoms with van der Waals surface area (Å²) in [6.07, 6.45) is 5.05. The van der Waals surface area contributed by atoms with E-state index in [4.69, 9.17) is 4.74 Å². The van der Waals surface area contributed by atoms with Crippen LogP contribution in [0.15, 0.2) is 36.7 Å². The Morgan fingerprint density at radius 3 is 2.71 bits per heavy atom. The predicted octanol–water partition coefficient (Wildman–Crippen LogP) is 3.95. The van der Waals surface area contributed by atoms with Gasteiger partial charge in [-0.1, -0.05) is 39.0 Å². The molecule has 2 rings (SSSR count). The average molecular weight is 286 g/mol. The molecule has 0 bridgehead atoms. The summed E-state index contributed by atoms with van der Waals surface area (Å²) in [7, 11) is 1.80. The van der Waals surface area contributed by atoms with Crippen LogP contribution in [-0.2, 0) is 4.74 Å². The Morgan fingerprint density at radius 2 is 2.05 bits per heavy atom. The Labute approximate surface area is 127 Å². The van der Waals surface area contributed by atoms with E-state index in [1.54, 1.807) is 7.11 Å². The minimum atomic E-state index is 0.141. The third-order valence-electron chi connectivity index (χ3n) is 3.92. The van der Waals surface area contributed by atoms with Gasteiger partial charge in [0.25, 0.3) is 0 Å². The van der Waals surface area contributed by atoms with E-state index < -0.39 is 0 Å². The van der Waals surface area contributed by atoms with Gasteiger partial charge in [-0.15, -0.1) is 0 Å². The first-order valence-corrected chi connectivity index (χ1v) is 7.77. The molecule has 0 saturated carbocycles. The molecule has 21 heavy (non-hydrogen) atoms. The van der Waals surface area contributed by atoms with Gasteiger partial charge in [-0.3, -0.25) is 4.98 Å². The van der Waals surface area contributed by atoms with Gasteiger partial charge in [0.15, 0.2) is 0 Å². The van der Waals surface area contributed by atoms with Crippen molar-refractivity contribution in [2.24, 2.45) is 5.92 Å². The van der Waals surface area contributed by atoms with Crippen LogP contribution in [0.2, 0.25) is 0 Å². The maximum atomic E-state index is 5.79. The number of hydrogen-bond donors (Lipinski definition) is 1. The summed E-state index contributed by atoms with van der Waals surface area (Å²) in [6.45, 7) is 7.58. The molecule has 0 spiro atoms. The minimum Gasteiger partial charge on any atom is -0.379 e. The number of nitrogens with one attached hydrogen (secondary N) is 1. The van der Waals surface area contributed by atoms with E-state index in [1.807, 2.05) is 12.4 Å². The van der Waals surface area contributed by atoms with Gasteiger partial charge in [-0.25, -0.2) is 0 Å². The monoisotopic (exact) mass is 286 g/mol. The highest BCUT2D eigenvalue weighted by molar-refractivity contribution is 5.85. The van der Waals surface area contributed by atoms with E-state index in [-0.39, 0.29) is 12.1 Å². The van der Waals surface area contributed by atoms with Crippen molar-refractivity contribution in [2.75, 3.05) is 13.7 Å². The number of pyridine rings is 1. The molecular weight excluding hydrogens is 260 g/mol. The molecular formula is C18H26N2O. The molecule has 2 atom stereocenters. The highest BCUT2D eigenvalue weighted by atomic mass is 16.5. The first-order valence-electron chi connectivity index (χ1n) is 7.77. The molecule has 114 valence electrons. The number of ether oxygens (including phenoxy) is 1. The minimum absolute atomic E-state index is 0.141. The first kappa shape index (κ1) is 15.9. The van der Waals surface area contributed by atoms with Gasteiger partial charge in [-0.05, 0) is 35.9 Å². The maximum absolute atomic E-state index is 5.79. The molecule has 0 saturated heterocycles. The molecule has 0 amide bonds. The van der Waals surface area contributed by atoms with Gasteiger partial charge < -0.3 is 10.1 Å². The quantitative estimate of drug-likeness (QED) is 0.837. The molecule has 0 aliphatic carbocycles. The lowest BCUT2D eigenvalue weighted by Gasteiger charge is -2.31. The molecule has 0 aliphatic rings. The van der Waals surface area contributed by atoms with E-state index in [0.29, 0.717) is 5.92 Å². The molecule has 2 unspecified atom stereocenters. The highest BCUT2D eigenvalue weighted by Gasteiger charge is 2.26. The molecule has 2 aromatic rings. The molecule has 1 heterocycles. The van der Waals surface area contributed by atoms with E-state index >= 15 is 0 Å². The smallest absolute Gasteiger partial charge is 0.0788 e. The normalized spacial score (nSPS) is 14.5.